The summed E-state index contributed by atoms with van der Waals surface area (Å²) < 4.78 is 4.94. The number of rotatable bonds is 3. The molecule has 1 aliphatic rings. The molecule has 0 bridgehead atoms. The van der Waals surface area contributed by atoms with Crippen molar-refractivity contribution in [2.24, 2.45) is 5.92 Å². The van der Waals surface area contributed by atoms with E-state index in [0.717, 1.165) is 13.0 Å². The minimum atomic E-state index is -0.109. The summed E-state index contributed by atoms with van der Waals surface area (Å²) in [6, 6.07) is 10.5. The molecule has 1 fully saturated rings. The predicted octanol–water partition coefficient (Wildman–Crippen LogP) is 2.63. The van der Waals surface area contributed by atoms with E-state index in [1.165, 1.54) is 12.7 Å². The minimum Gasteiger partial charge on any atom is -0.468 e. The maximum absolute atomic E-state index is 11.9. The highest BCUT2D eigenvalue weighted by Gasteiger charge is 2.39. The van der Waals surface area contributed by atoms with Gasteiger partial charge >= 0.3 is 5.97 Å². The molecule has 1 aliphatic heterocycles. The van der Waals surface area contributed by atoms with Gasteiger partial charge < -0.3 is 4.74 Å². The molecule has 0 aromatic heterocycles. The minimum absolute atomic E-state index is 0.106. The van der Waals surface area contributed by atoms with Crippen LogP contribution >= 0.6 is 0 Å². The summed E-state index contributed by atoms with van der Waals surface area (Å²) in [5.74, 6) is 0.256. The second kappa shape index (κ2) is 5.53. The van der Waals surface area contributed by atoms with Crippen LogP contribution < -0.4 is 0 Å². The monoisotopic (exact) mass is 247 g/mol. The molecule has 98 valence electrons. The quantitative estimate of drug-likeness (QED) is 0.769. The summed E-state index contributed by atoms with van der Waals surface area (Å²) in [4.78, 5) is 14.2. The molecule has 3 heteroatoms. The number of hydrogen-bond acceptors (Lipinski definition) is 3. The predicted molar refractivity (Wildman–Crippen MR) is 71.1 cm³/mol. The number of hydrogen-bond donors (Lipinski definition) is 0. The van der Waals surface area contributed by atoms with E-state index in [9.17, 15) is 4.79 Å². The largest absolute Gasteiger partial charge is 0.468 e. The summed E-state index contributed by atoms with van der Waals surface area (Å²) in [5.41, 5.74) is 1.25. The lowest BCUT2D eigenvalue weighted by Crippen LogP contribution is -2.41. The SMILES string of the molecule is COC(=O)[C@H]1[C@@H](C)CCN1[C@H](C)c1ccccc1. The maximum Gasteiger partial charge on any atom is 0.323 e. The molecule has 3 nitrogen and oxygen atoms in total. The number of ether oxygens (including phenoxy) is 1. The summed E-state index contributed by atoms with van der Waals surface area (Å²) in [7, 11) is 1.47. The number of carbonyl (C=O) groups excluding carboxylic acids is 1. The van der Waals surface area contributed by atoms with Crippen molar-refractivity contribution in [2.75, 3.05) is 13.7 Å². The van der Waals surface area contributed by atoms with E-state index < -0.39 is 0 Å². The van der Waals surface area contributed by atoms with Crippen LogP contribution in [0.4, 0.5) is 0 Å². The standard InChI is InChI=1S/C15H21NO2/c1-11-9-10-16(14(11)15(17)18-3)12(2)13-7-5-4-6-8-13/h4-8,11-12,14H,9-10H2,1-3H3/t11-,12+,14+/m0/s1. The molecule has 0 amide bonds. The van der Waals surface area contributed by atoms with E-state index in [1.54, 1.807) is 0 Å². The van der Waals surface area contributed by atoms with Gasteiger partial charge in [0.1, 0.15) is 6.04 Å². The molecule has 18 heavy (non-hydrogen) atoms. The fraction of sp³-hybridized carbons (Fsp3) is 0.533. The van der Waals surface area contributed by atoms with Gasteiger partial charge in [-0.1, -0.05) is 37.3 Å². The van der Waals surface area contributed by atoms with E-state index >= 15 is 0 Å². The third-order valence-electron chi connectivity index (χ3n) is 3.96. The van der Waals surface area contributed by atoms with Crippen molar-refractivity contribution >= 4 is 5.97 Å². The van der Waals surface area contributed by atoms with Crippen LogP contribution in [0.5, 0.6) is 0 Å². The van der Waals surface area contributed by atoms with Gasteiger partial charge in [-0.2, -0.15) is 0 Å². The molecule has 1 aromatic rings. The highest BCUT2D eigenvalue weighted by atomic mass is 16.5. The van der Waals surface area contributed by atoms with Gasteiger partial charge in [0.05, 0.1) is 7.11 Å². The molecular weight excluding hydrogens is 226 g/mol. The topological polar surface area (TPSA) is 29.5 Å². The van der Waals surface area contributed by atoms with Crippen molar-refractivity contribution < 1.29 is 9.53 Å². The van der Waals surface area contributed by atoms with E-state index in [0.29, 0.717) is 5.92 Å². The number of nitrogens with zero attached hydrogens (tertiary/aromatic N) is 1. The van der Waals surface area contributed by atoms with Crippen molar-refractivity contribution in [1.82, 2.24) is 4.90 Å². The van der Waals surface area contributed by atoms with Gasteiger partial charge in [-0.25, -0.2) is 0 Å². The van der Waals surface area contributed by atoms with E-state index in [4.69, 9.17) is 4.74 Å². The average Bonchev–Trinajstić information content (AvgIpc) is 2.80. The second-order valence-electron chi connectivity index (χ2n) is 5.06. The Kier molecular flexibility index (Phi) is 4.02. The van der Waals surface area contributed by atoms with Crippen molar-refractivity contribution in [3.8, 4) is 0 Å². The fourth-order valence-electron chi connectivity index (χ4n) is 2.82. The number of benzene rings is 1. The van der Waals surface area contributed by atoms with Crippen molar-refractivity contribution in [3.63, 3.8) is 0 Å². The lowest BCUT2D eigenvalue weighted by molar-refractivity contribution is -0.147. The Hall–Kier alpha value is -1.35. The summed E-state index contributed by atoms with van der Waals surface area (Å²) in [6.45, 7) is 5.24. The Morgan fingerprint density at radius 2 is 2.06 bits per heavy atom. The number of esters is 1. The van der Waals surface area contributed by atoms with E-state index in [1.807, 2.05) is 18.2 Å². The zero-order valence-corrected chi connectivity index (χ0v) is 11.3. The third kappa shape index (κ3) is 2.41. The van der Waals surface area contributed by atoms with Crippen LogP contribution in [0.3, 0.4) is 0 Å². The maximum atomic E-state index is 11.9. The summed E-state index contributed by atoms with van der Waals surface area (Å²) in [6.07, 6.45) is 1.05. The first kappa shape index (κ1) is 13.1. The zero-order chi connectivity index (χ0) is 13.1. The summed E-state index contributed by atoms with van der Waals surface area (Å²) in [5, 5.41) is 0. The van der Waals surface area contributed by atoms with Crippen LogP contribution in [0, 0.1) is 5.92 Å². The molecule has 1 aromatic carbocycles. The average molecular weight is 247 g/mol. The van der Waals surface area contributed by atoms with Gasteiger partial charge in [0.25, 0.3) is 0 Å². The second-order valence-corrected chi connectivity index (χ2v) is 5.06. The highest BCUT2D eigenvalue weighted by molar-refractivity contribution is 5.76. The normalized spacial score (nSPS) is 25.9. The number of carbonyl (C=O) groups is 1. The Morgan fingerprint density at radius 1 is 1.39 bits per heavy atom. The lowest BCUT2D eigenvalue weighted by atomic mass is 10.0. The van der Waals surface area contributed by atoms with Crippen LogP contribution in [-0.4, -0.2) is 30.6 Å². The Labute approximate surface area is 109 Å². The first-order chi connectivity index (χ1) is 8.65. The molecule has 0 N–H and O–H groups in total. The van der Waals surface area contributed by atoms with Crippen LogP contribution in [0.15, 0.2) is 30.3 Å². The first-order valence-electron chi connectivity index (χ1n) is 6.53. The summed E-state index contributed by atoms with van der Waals surface area (Å²) >= 11 is 0. The fourth-order valence-corrected chi connectivity index (χ4v) is 2.82. The van der Waals surface area contributed by atoms with Crippen LogP contribution in [0.1, 0.15) is 31.9 Å². The van der Waals surface area contributed by atoms with Gasteiger partial charge in [-0.15, -0.1) is 0 Å². The third-order valence-corrected chi connectivity index (χ3v) is 3.96. The van der Waals surface area contributed by atoms with Crippen molar-refractivity contribution in [2.45, 2.75) is 32.4 Å². The first-order valence-corrected chi connectivity index (χ1v) is 6.53. The number of likely N-dealkylation sites (tertiary alicyclic amines) is 1. The Morgan fingerprint density at radius 3 is 2.67 bits per heavy atom. The van der Waals surface area contributed by atoms with Crippen LogP contribution in [-0.2, 0) is 9.53 Å². The zero-order valence-electron chi connectivity index (χ0n) is 11.3. The molecule has 0 radical (unpaired) electrons. The Balaban J connectivity index is 2.19. The Bertz CT molecular complexity index is 404. The molecule has 1 saturated heterocycles. The van der Waals surface area contributed by atoms with Crippen LogP contribution in [0.2, 0.25) is 0 Å². The molecule has 0 saturated carbocycles. The van der Waals surface area contributed by atoms with Gasteiger partial charge in [-0.05, 0) is 31.4 Å². The van der Waals surface area contributed by atoms with Gasteiger partial charge in [0, 0.05) is 6.04 Å². The van der Waals surface area contributed by atoms with Gasteiger partial charge in [0.15, 0.2) is 0 Å². The van der Waals surface area contributed by atoms with Crippen molar-refractivity contribution in [3.05, 3.63) is 35.9 Å². The molecule has 3 atom stereocenters. The van der Waals surface area contributed by atoms with Crippen LogP contribution in [0.25, 0.3) is 0 Å². The van der Waals surface area contributed by atoms with E-state index in [2.05, 4.69) is 30.9 Å². The molecule has 0 unspecified atom stereocenters. The smallest absolute Gasteiger partial charge is 0.323 e. The molecule has 0 spiro atoms. The van der Waals surface area contributed by atoms with E-state index in [-0.39, 0.29) is 18.1 Å². The molecular formula is C15H21NO2. The number of methoxy groups -OCH3 is 1. The molecule has 2 rings (SSSR count). The lowest BCUT2D eigenvalue weighted by Gasteiger charge is -2.30. The van der Waals surface area contributed by atoms with Gasteiger partial charge in [0.2, 0.25) is 0 Å². The highest BCUT2D eigenvalue weighted by Crippen LogP contribution is 2.32. The van der Waals surface area contributed by atoms with Gasteiger partial charge in [-0.3, -0.25) is 9.69 Å². The molecule has 1 heterocycles. The molecule has 0 aliphatic carbocycles. The van der Waals surface area contributed by atoms with Crippen molar-refractivity contribution in [1.29, 1.82) is 0 Å².